The molecule has 9 heteroatoms. The number of morpholine rings is 1. The number of methoxy groups -OCH3 is 1. The van der Waals surface area contributed by atoms with Crippen molar-refractivity contribution >= 4 is 34.5 Å². The third kappa shape index (κ3) is 5.26. The summed E-state index contributed by atoms with van der Waals surface area (Å²) in [5.74, 6) is 1.29. The summed E-state index contributed by atoms with van der Waals surface area (Å²) in [7, 11) is 1.60. The van der Waals surface area contributed by atoms with Crippen molar-refractivity contribution in [3.8, 4) is 17.0 Å². The number of fused-ring (bicyclic) bond motifs is 1. The Labute approximate surface area is 204 Å². The summed E-state index contributed by atoms with van der Waals surface area (Å²) in [6.07, 6.45) is 3.81. The second kappa shape index (κ2) is 10.1. The van der Waals surface area contributed by atoms with Gasteiger partial charge in [0.2, 0.25) is 0 Å². The average Bonchev–Trinajstić information content (AvgIpc) is 2.85. The van der Waals surface area contributed by atoms with E-state index in [1.54, 1.807) is 7.11 Å². The third-order valence-electron chi connectivity index (χ3n) is 5.58. The van der Waals surface area contributed by atoms with Gasteiger partial charge >= 0.3 is 5.97 Å². The lowest BCUT2D eigenvalue weighted by molar-refractivity contribution is -0.154. The predicted octanol–water partition coefficient (Wildman–Crippen LogP) is 4.35. The van der Waals surface area contributed by atoms with Crippen LogP contribution in [0.5, 0.6) is 5.75 Å². The molecule has 2 aromatic heterocycles. The number of pyridine rings is 1. The average molecular weight is 483 g/mol. The number of hydrogen-bond acceptors (Lipinski definition) is 9. The van der Waals surface area contributed by atoms with Crippen LogP contribution in [0.4, 0.5) is 5.82 Å². The summed E-state index contributed by atoms with van der Waals surface area (Å²) in [5, 5.41) is 1.63. The van der Waals surface area contributed by atoms with Crippen LogP contribution in [0.3, 0.4) is 0 Å². The van der Waals surface area contributed by atoms with Gasteiger partial charge in [0.1, 0.15) is 18.2 Å². The Bertz CT molecular complexity index is 1190. The molecule has 0 N–H and O–H groups in total. The van der Waals surface area contributed by atoms with Gasteiger partial charge in [-0.25, -0.2) is 9.97 Å². The van der Waals surface area contributed by atoms with Crippen molar-refractivity contribution < 1.29 is 19.0 Å². The Kier molecular flexibility index (Phi) is 7.23. The molecule has 4 rings (SSSR count). The van der Waals surface area contributed by atoms with Crippen LogP contribution in [0.25, 0.3) is 22.2 Å². The quantitative estimate of drug-likeness (QED) is 0.289. The maximum absolute atomic E-state index is 12.3. The van der Waals surface area contributed by atoms with Crippen molar-refractivity contribution in [1.82, 2.24) is 15.0 Å². The molecule has 0 bridgehead atoms. The number of carbonyl (C=O) groups excluding carboxylic acids is 1. The number of anilines is 1. The fraction of sp³-hybridized carbons (Fsp3) is 0.440. The molecule has 34 heavy (non-hydrogen) atoms. The SMILES string of the molecule is COc1ccc(-c2cc3nc(SC)nc(N4CCOCC4)c3cn2)cc1COC(=O)C(C)(C)C. The number of benzene rings is 1. The molecule has 1 aromatic carbocycles. The van der Waals surface area contributed by atoms with Gasteiger partial charge in [0.05, 0.1) is 42.3 Å². The molecule has 0 saturated carbocycles. The van der Waals surface area contributed by atoms with E-state index in [1.807, 2.05) is 57.5 Å². The van der Waals surface area contributed by atoms with E-state index >= 15 is 0 Å². The molecule has 1 fully saturated rings. The van der Waals surface area contributed by atoms with Crippen LogP contribution >= 0.6 is 11.8 Å². The maximum atomic E-state index is 12.3. The Balaban J connectivity index is 1.69. The van der Waals surface area contributed by atoms with E-state index in [0.717, 1.165) is 51.8 Å². The number of esters is 1. The molecule has 1 aliphatic heterocycles. The number of rotatable bonds is 6. The molecule has 3 aromatic rings. The Morgan fingerprint density at radius 2 is 1.94 bits per heavy atom. The first-order valence-electron chi connectivity index (χ1n) is 11.2. The van der Waals surface area contributed by atoms with Crippen molar-refractivity contribution in [2.75, 3.05) is 44.6 Å². The van der Waals surface area contributed by atoms with E-state index in [9.17, 15) is 4.79 Å². The third-order valence-corrected chi connectivity index (χ3v) is 6.13. The first-order valence-corrected chi connectivity index (χ1v) is 12.4. The van der Waals surface area contributed by atoms with E-state index in [-0.39, 0.29) is 12.6 Å². The van der Waals surface area contributed by atoms with E-state index < -0.39 is 5.41 Å². The molecule has 0 amide bonds. The first kappa shape index (κ1) is 24.2. The van der Waals surface area contributed by atoms with Crippen LogP contribution < -0.4 is 9.64 Å². The van der Waals surface area contributed by atoms with Crippen molar-refractivity contribution in [1.29, 1.82) is 0 Å². The number of carbonyl (C=O) groups is 1. The number of aromatic nitrogens is 3. The van der Waals surface area contributed by atoms with Gasteiger partial charge in [0, 0.05) is 30.4 Å². The van der Waals surface area contributed by atoms with Crippen molar-refractivity contribution in [3.05, 3.63) is 36.0 Å². The zero-order valence-corrected chi connectivity index (χ0v) is 21.1. The molecular weight excluding hydrogens is 452 g/mol. The van der Waals surface area contributed by atoms with E-state index in [0.29, 0.717) is 19.0 Å². The summed E-state index contributed by atoms with van der Waals surface area (Å²) < 4.78 is 16.5. The van der Waals surface area contributed by atoms with Crippen molar-refractivity contribution in [2.45, 2.75) is 32.5 Å². The summed E-state index contributed by atoms with van der Waals surface area (Å²) >= 11 is 1.52. The number of thioether (sulfide) groups is 1. The topological polar surface area (TPSA) is 86.7 Å². The number of hydrogen-bond donors (Lipinski definition) is 0. The molecular formula is C25H30N4O4S. The number of ether oxygens (including phenoxy) is 3. The normalized spacial score (nSPS) is 14.3. The van der Waals surface area contributed by atoms with Gasteiger partial charge in [0.15, 0.2) is 5.16 Å². The van der Waals surface area contributed by atoms with Gasteiger partial charge in [-0.1, -0.05) is 11.8 Å². The fourth-order valence-corrected chi connectivity index (χ4v) is 4.03. The molecule has 180 valence electrons. The molecule has 0 unspecified atom stereocenters. The Morgan fingerprint density at radius 3 is 2.62 bits per heavy atom. The van der Waals surface area contributed by atoms with Gasteiger partial charge < -0.3 is 19.1 Å². The molecule has 0 atom stereocenters. The minimum absolute atomic E-state index is 0.126. The zero-order chi connectivity index (χ0) is 24.3. The Hall–Kier alpha value is -2.91. The molecule has 3 heterocycles. The van der Waals surface area contributed by atoms with Gasteiger partial charge in [-0.05, 0) is 51.3 Å². The molecule has 0 radical (unpaired) electrons. The summed E-state index contributed by atoms with van der Waals surface area (Å²) in [5.41, 5.74) is 2.71. The van der Waals surface area contributed by atoms with Gasteiger partial charge in [-0.2, -0.15) is 0 Å². The molecule has 1 saturated heterocycles. The van der Waals surface area contributed by atoms with Gasteiger partial charge in [0.25, 0.3) is 0 Å². The summed E-state index contributed by atoms with van der Waals surface area (Å²) in [6.45, 7) is 8.56. The summed E-state index contributed by atoms with van der Waals surface area (Å²) in [4.78, 5) is 28.7. The van der Waals surface area contributed by atoms with E-state index in [4.69, 9.17) is 29.2 Å². The largest absolute Gasteiger partial charge is 0.496 e. The van der Waals surface area contributed by atoms with E-state index in [1.165, 1.54) is 11.8 Å². The first-order chi connectivity index (χ1) is 16.3. The van der Waals surface area contributed by atoms with Crippen molar-refractivity contribution in [3.63, 3.8) is 0 Å². The van der Waals surface area contributed by atoms with Crippen LogP contribution in [0.15, 0.2) is 35.6 Å². The highest BCUT2D eigenvalue weighted by molar-refractivity contribution is 7.98. The highest BCUT2D eigenvalue weighted by atomic mass is 32.2. The standard InChI is InChI=1S/C25H30N4O4S/c1-25(2,3)23(30)33-15-17-12-16(6-7-21(17)31-4)19-13-20-18(14-26-19)22(28-24(27-20)34-5)29-8-10-32-11-9-29/h6-7,12-14H,8-11,15H2,1-5H3. The van der Waals surface area contributed by atoms with Gasteiger partial charge in [-0.3, -0.25) is 9.78 Å². The highest BCUT2D eigenvalue weighted by Crippen LogP contribution is 2.31. The van der Waals surface area contributed by atoms with Crippen LogP contribution in [-0.2, 0) is 20.9 Å². The van der Waals surface area contributed by atoms with Crippen LogP contribution in [0.2, 0.25) is 0 Å². The lowest BCUT2D eigenvalue weighted by Crippen LogP contribution is -2.37. The van der Waals surface area contributed by atoms with E-state index in [2.05, 4.69) is 4.90 Å². The van der Waals surface area contributed by atoms with Gasteiger partial charge in [-0.15, -0.1) is 0 Å². The molecule has 1 aliphatic rings. The minimum Gasteiger partial charge on any atom is -0.496 e. The minimum atomic E-state index is -0.572. The monoisotopic (exact) mass is 482 g/mol. The smallest absolute Gasteiger partial charge is 0.311 e. The highest BCUT2D eigenvalue weighted by Gasteiger charge is 2.24. The van der Waals surface area contributed by atoms with Crippen LogP contribution in [0, 0.1) is 5.41 Å². The molecule has 0 spiro atoms. The second-order valence-corrected chi connectivity index (χ2v) is 9.85. The summed E-state index contributed by atoms with van der Waals surface area (Å²) in [6, 6.07) is 7.74. The van der Waals surface area contributed by atoms with Crippen LogP contribution in [0.1, 0.15) is 26.3 Å². The fourth-order valence-electron chi connectivity index (χ4n) is 3.66. The lowest BCUT2D eigenvalue weighted by Gasteiger charge is -2.28. The maximum Gasteiger partial charge on any atom is 0.311 e. The van der Waals surface area contributed by atoms with Crippen LogP contribution in [-0.4, -0.2) is 60.6 Å². The lowest BCUT2D eigenvalue weighted by atomic mass is 9.97. The molecule has 0 aliphatic carbocycles. The Morgan fingerprint density at radius 1 is 1.18 bits per heavy atom. The zero-order valence-electron chi connectivity index (χ0n) is 20.3. The van der Waals surface area contributed by atoms with Crippen molar-refractivity contribution in [2.24, 2.45) is 5.41 Å². The second-order valence-electron chi connectivity index (χ2n) is 9.07. The predicted molar refractivity (Wildman–Crippen MR) is 133 cm³/mol. The molecule has 8 nitrogen and oxygen atoms in total. The number of nitrogens with zero attached hydrogens (tertiary/aromatic N) is 4.